The highest BCUT2D eigenvalue weighted by Gasteiger charge is 1.99. The Kier molecular flexibility index (Phi) is 11.9. The number of nitrogens with two attached hydrogens (primary N) is 2. The topological polar surface area (TPSA) is 139 Å². The van der Waals surface area contributed by atoms with Gasteiger partial charge < -0.3 is 10.2 Å². The van der Waals surface area contributed by atoms with E-state index in [2.05, 4.69) is 11.7 Å². The van der Waals surface area contributed by atoms with E-state index in [1.54, 1.807) is 5.53 Å². The highest BCUT2D eigenvalue weighted by molar-refractivity contribution is 5.67. The van der Waals surface area contributed by atoms with Crippen LogP contribution in [0.25, 0.3) is 0 Å². The Morgan fingerprint density at radius 3 is 1.38 bits per heavy atom. The van der Waals surface area contributed by atoms with Gasteiger partial charge in [0, 0.05) is 12.8 Å². The first-order valence-corrected chi connectivity index (χ1v) is 3.64. The highest BCUT2D eigenvalue weighted by atomic mass is 16.4. The molecule has 0 heterocycles. The van der Waals surface area contributed by atoms with Gasteiger partial charge in [0.15, 0.2) is 0 Å². The van der Waals surface area contributed by atoms with Gasteiger partial charge in [0.25, 0.3) is 0 Å². The van der Waals surface area contributed by atoms with Crippen LogP contribution >= 0.6 is 0 Å². The zero-order valence-electron chi connectivity index (χ0n) is 7.19. The molecule has 0 rings (SSSR count). The molecular formula is C6H15N3O4. The van der Waals surface area contributed by atoms with Crippen molar-refractivity contribution in [3.05, 3.63) is 0 Å². The summed E-state index contributed by atoms with van der Waals surface area (Å²) >= 11 is 0. The van der Waals surface area contributed by atoms with E-state index < -0.39 is 11.9 Å². The van der Waals surface area contributed by atoms with Crippen LogP contribution in [0.5, 0.6) is 0 Å². The minimum absolute atomic E-state index is 0.0628. The number of carbonyl (C=O) groups is 2. The number of hydrazine groups is 2. The Hall–Kier alpha value is -1.18. The second-order valence-electron chi connectivity index (χ2n) is 2.16. The minimum atomic E-state index is -0.870. The van der Waals surface area contributed by atoms with Crippen molar-refractivity contribution in [3.63, 3.8) is 0 Å². The molecule has 78 valence electrons. The van der Waals surface area contributed by atoms with Gasteiger partial charge in [-0.1, -0.05) is 0 Å². The maximum Gasteiger partial charge on any atom is 0.303 e. The monoisotopic (exact) mass is 193 g/mol. The SMILES string of the molecule is NNN.O=C(O)CCCCC(=O)O. The van der Waals surface area contributed by atoms with Gasteiger partial charge in [-0.25, -0.2) is 0 Å². The van der Waals surface area contributed by atoms with Gasteiger partial charge in [0.1, 0.15) is 0 Å². The van der Waals surface area contributed by atoms with Crippen LogP contribution in [0.3, 0.4) is 0 Å². The predicted molar refractivity (Wildman–Crippen MR) is 45.3 cm³/mol. The Morgan fingerprint density at radius 2 is 1.23 bits per heavy atom. The van der Waals surface area contributed by atoms with Gasteiger partial charge in [-0.15, -0.1) is 0 Å². The average Bonchev–Trinajstić information content (AvgIpc) is 1.99. The minimum Gasteiger partial charge on any atom is -0.481 e. The summed E-state index contributed by atoms with van der Waals surface area (Å²) in [5.74, 6) is 7.01. The first-order chi connectivity index (χ1) is 6.04. The molecule has 0 aliphatic heterocycles. The number of rotatable bonds is 5. The van der Waals surface area contributed by atoms with Gasteiger partial charge in [-0.05, 0) is 12.8 Å². The van der Waals surface area contributed by atoms with Crippen molar-refractivity contribution < 1.29 is 19.8 Å². The molecule has 0 radical (unpaired) electrons. The van der Waals surface area contributed by atoms with Crippen molar-refractivity contribution in [1.82, 2.24) is 5.53 Å². The molecule has 0 bridgehead atoms. The molecule has 13 heavy (non-hydrogen) atoms. The van der Waals surface area contributed by atoms with Crippen LogP contribution in [0.4, 0.5) is 0 Å². The molecule has 0 fully saturated rings. The Morgan fingerprint density at radius 1 is 1.00 bits per heavy atom. The normalized spacial score (nSPS) is 8.46. The maximum absolute atomic E-state index is 9.90. The quantitative estimate of drug-likeness (QED) is 0.215. The van der Waals surface area contributed by atoms with Crippen LogP contribution < -0.4 is 17.2 Å². The zero-order chi connectivity index (χ0) is 10.7. The molecule has 0 atom stereocenters. The predicted octanol–water partition coefficient (Wildman–Crippen LogP) is -0.961. The maximum atomic E-state index is 9.90. The van der Waals surface area contributed by atoms with E-state index in [0.29, 0.717) is 12.8 Å². The number of hydrogen-bond acceptors (Lipinski definition) is 5. The number of nitrogens with one attached hydrogen (secondary N) is 1. The molecule has 0 amide bonds. The van der Waals surface area contributed by atoms with Crippen molar-refractivity contribution in [2.45, 2.75) is 25.7 Å². The summed E-state index contributed by atoms with van der Waals surface area (Å²) in [4.78, 5) is 19.8. The molecule has 0 aliphatic carbocycles. The summed E-state index contributed by atoms with van der Waals surface area (Å²) in [7, 11) is 0. The lowest BCUT2D eigenvalue weighted by atomic mass is 10.2. The van der Waals surface area contributed by atoms with Crippen LogP contribution in [0, 0.1) is 0 Å². The van der Waals surface area contributed by atoms with E-state index in [1.165, 1.54) is 0 Å². The third-order valence-electron chi connectivity index (χ3n) is 1.03. The summed E-state index contributed by atoms with van der Waals surface area (Å²) in [6.45, 7) is 0. The van der Waals surface area contributed by atoms with Crippen LogP contribution in [0.2, 0.25) is 0 Å². The molecule has 0 saturated carbocycles. The molecule has 0 saturated heterocycles. The standard InChI is InChI=1S/C6H10O4.H5N3/c7-5(8)3-1-2-4-6(9)10;1-3-2/h1-4H2,(H,7,8)(H,9,10);3H,1-2H2. The first kappa shape index (κ1) is 14.3. The lowest BCUT2D eigenvalue weighted by molar-refractivity contribution is -0.139. The summed E-state index contributed by atoms with van der Waals surface area (Å²) < 4.78 is 0. The molecule has 0 spiro atoms. The third kappa shape index (κ3) is 24.8. The molecule has 7 N–H and O–H groups in total. The number of carboxylic acids is 2. The second-order valence-corrected chi connectivity index (χ2v) is 2.16. The van der Waals surface area contributed by atoms with Crippen molar-refractivity contribution in [2.24, 2.45) is 11.7 Å². The van der Waals surface area contributed by atoms with E-state index in [1.807, 2.05) is 0 Å². The Bertz CT molecular complexity index is 135. The van der Waals surface area contributed by atoms with Crippen molar-refractivity contribution in [1.29, 1.82) is 0 Å². The lowest BCUT2D eigenvalue weighted by Gasteiger charge is -1.92. The van der Waals surface area contributed by atoms with E-state index in [9.17, 15) is 9.59 Å². The molecule has 0 aromatic heterocycles. The van der Waals surface area contributed by atoms with Crippen molar-refractivity contribution in [2.75, 3.05) is 0 Å². The number of unbranched alkanes of at least 4 members (excludes halogenated alkanes) is 1. The third-order valence-corrected chi connectivity index (χ3v) is 1.03. The molecular weight excluding hydrogens is 178 g/mol. The molecule has 0 unspecified atom stereocenters. The van der Waals surface area contributed by atoms with Gasteiger partial charge in [-0.2, -0.15) is 5.53 Å². The van der Waals surface area contributed by atoms with Gasteiger partial charge in [0.05, 0.1) is 0 Å². The van der Waals surface area contributed by atoms with Crippen molar-refractivity contribution in [3.8, 4) is 0 Å². The lowest BCUT2D eigenvalue weighted by Crippen LogP contribution is -2.29. The molecule has 0 aromatic carbocycles. The van der Waals surface area contributed by atoms with Crippen LogP contribution in [0.15, 0.2) is 0 Å². The second kappa shape index (κ2) is 10.8. The fourth-order valence-electron chi connectivity index (χ4n) is 0.552. The van der Waals surface area contributed by atoms with Gasteiger partial charge in [-0.3, -0.25) is 21.3 Å². The fourth-order valence-corrected chi connectivity index (χ4v) is 0.552. The summed E-state index contributed by atoms with van der Waals surface area (Å²) in [6, 6.07) is 0. The molecule has 7 heteroatoms. The highest BCUT2D eigenvalue weighted by Crippen LogP contribution is 1.98. The van der Waals surface area contributed by atoms with E-state index in [0.717, 1.165) is 0 Å². The smallest absolute Gasteiger partial charge is 0.303 e. The van der Waals surface area contributed by atoms with E-state index >= 15 is 0 Å². The number of carboxylic acid groups (broad SMARTS) is 2. The largest absolute Gasteiger partial charge is 0.481 e. The van der Waals surface area contributed by atoms with E-state index in [4.69, 9.17) is 10.2 Å². The molecule has 7 nitrogen and oxygen atoms in total. The van der Waals surface area contributed by atoms with E-state index in [-0.39, 0.29) is 12.8 Å². The van der Waals surface area contributed by atoms with Crippen LogP contribution in [-0.4, -0.2) is 22.2 Å². The average molecular weight is 193 g/mol. The molecule has 0 aliphatic rings. The summed E-state index contributed by atoms with van der Waals surface area (Å²) in [5, 5.41) is 16.3. The Labute approximate surface area is 75.7 Å². The fraction of sp³-hybridized carbons (Fsp3) is 0.667. The van der Waals surface area contributed by atoms with Crippen molar-refractivity contribution >= 4 is 11.9 Å². The van der Waals surface area contributed by atoms with Gasteiger partial charge >= 0.3 is 11.9 Å². The van der Waals surface area contributed by atoms with Crippen LogP contribution in [-0.2, 0) is 9.59 Å². The Balaban J connectivity index is 0. The van der Waals surface area contributed by atoms with Gasteiger partial charge in [0.2, 0.25) is 0 Å². The van der Waals surface area contributed by atoms with Crippen LogP contribution in [0.1, 0.15) is 25.7 Å². The zero-order valence-corrected chi connectivity index (χ0v) is 7.19. The summed E-state index contributed by atoms with van der Waals surface area (Å²) in [6.07, 6.45) is 1.02. The first-order valence-electron chi connectivity index (χ1n) is 3.64. The summed E-state index contributed by atoms with van der Waals surface area (Å²) in [5.41, 5.74) is 1.75. The number of hydrogen-bond donors (Lipinski definition) is 5. The number of aliphatic carboxylic acids is 2. The molecule has 0 aromatic rings.